The Balaban J connectivity index is 1.86. The van der Waals surface area contributed by atoms with E-state index >= 15 is 0 Å². The zero-order valence-electron chi connectivity index (χ0n) is 14.2. The molecule has 1 fully saturated rings. The molecule has 4 nitrogen and oxygen atoms in total. The molecule has 3 atom stereocenters. The van der Waals surface area contributed by atoms with Gasteiger partial charge < -0.3 is 9.47 Å². The fourth-order valence-corrected chi connectivity index (χ4v) is 3.22. The first-order chi connectivity index (χ1) is 12.2. The van der Waals surface area contributed by atoms with E-state index in [2.05, 4.69) is 4.74 Å². The Bertz CT molecular complexity index is 777. The van der Waals surface area contributed by atoms with Crippen molar-refractivity contribution in [3.8, 4) is 5.75 Å². The number of hydrogen-bond acceptors (Lipinski definition) is 4. The minimum atomic E-state index is -0.411. The summed E-state index contributed by atoms with van der Waals surface area (Å²) in [6, 6.07) is 17.0. The van der Waals surface area contributed by atoms with E-state index in [4.69, 9.17) is 4.74 Å². The second-order valence-corrected chi connectivity index (χ2v) is 6.01. The van der Waals surface area contributed by atoms with Gasteiger partial charge in [0.05, 0.1) is 14.2 Å². The Hall–Kier alpha value is -2.88. The molecule has 0 saturated heterocycles. The zero-order valence-corrected chi connectivity index (χ0v) is 14.2. The Labute approximate surface area is 147 Å². The molecular formula is C21H20O4. The molecule has 0 aliphatic heterocycles. The first-order valence-corrected chi connectivity index (χ1v) is 8.15. The van der Waals surface area contributed by atoms with Crippen LogP contribution in [-0.4, -0.2) is 26.0 Å². The molecule has 0 aromatic heterocycles. The molecule has 0 unspecified atom stereocenters. The largest absolute Gasteiger partial charge is 0.497 e. The number of methoxy groups -OCH3 is 2. The van der Waals surface area contributed by atoms with Crippen molar-refractivity contribution < 1.29 is 19.1 Å². The maximum absolute atomic E-state index is 12.9. The van der Waals surface area contributed by atoms with Gasteiger partial charge in [-0.3, -0.25) is 4.79 Å². The molecule has 1 aliphatic carbocycles. The van der Waals surface area contributed by atoms with Crippen LogP contribution >= 0.6 is 0 Å². The third-order valence-corrected chi connectivity index (χ3v) is 4.59. The molecule has 0 heterocycles. The van der Waals surface area contributed by atoms with Crippen LogP contribution in [0.3, 0.4) is 0 Å². The van der Waals surface area contributed by atoms with Crippen molar-refractivity contribution in [3.05, 3.63) is 77.9 Å². The Morgan fingerprint density at radius 3 is 2.24 bits per heavy atom. The summed E-state index contributed by atoms with van der Waals surface area (Å²) < 4.78 is 9.84. The molecule has 0 amide bonds. The average molecular weight is 336 g/mol. The summed E-state index contributed by atoms with van der Waals surface area (Å²) in [6.07, 6.45) is 3.19. The highest BCUT2D eigenvalue weighted by Crippen LogP contribution is 2.56. The fourth-order valence-electron chi connectivity index (χ4n) is 3.22. The van der Waals surface area contributed by atoms with Gasteiger partial charge in [0, 0.05) is 23.5 Å². The predicted molar refractivity (Wildman–Crippen MR) is 94.6 cm³/mol. The Morgan fingerprint density at radius 1 is 0.960 bits per heavy atom. The zero-order chi connectivity index (χ0) is 17.8. The van der Waals surface area contributed by atoms with Crippen LogP contribution in [0.5, 0.6) is 5.75 Å². The summed E-state index contributed by atoms with van der Waals surface area (Å²) in [7, 11) is 2.96. The van der Waals surface area contributed by atoms with Gasteiger partial charge in [-0.25, -0.2) is 4.79 Å². The van der Waals surface area contributed by atoms with Crippen LogP contribution in [0.15, 0.2) is 66.7 Å². The van der Waals surface area contributed by atoms with E-state index in [-0.39, 0.29) is 23.5 Å². The summed E-state index contributed by atoms with van der Waals surface area (Å²) in [5, 5.41) is 0. The molecule has 0 spiro atoms. The van der Waals surface area contributed by atoms with E-state index < -0.39 is 5.97 Å². The van der Waals surface area contributed by atoms with E-state index in [1.807, 2.05) is 54.6 Å². The van der Waals surface area contributed by atoms with Crippen LogP contribution in [0, 0.1) is 11.8 Å². The molecule has 2 aromatic rings. The lowest BCUT2D eigenvalue weighted by Crippen LogP contribution is -2.04. The van der Waals surface area contributed by atoms with Gasteiger partial charge in [0.2, 0.25) is 0 Å². The molecule has 0 radical (unpaired) electrons. The first-order valence-electron chi connectivity index (χ1n) is 8.15. The van der Waals surface area contributed by atoms with Crippen LogP contribution in [0.1, 0.15) is 21.8 Å². The topological polar surface area (TPSA) is 52.6 Å². The summed E-state index contributed by atoms with van der Waals surface area (Å²) in [5.41, 5.74) is 1.76. The third-order valence-electron chi connectivity index (χ3n) is 4.59. The molecule has 25 heavy (non-hydrogen) atoms. The lowest BCUT2D eigenvalue weighted by Gasteiger charge is -2.03. The highest BCUT2D eigenvalue weighted by Gasteiger charge is 2.53. The summed E-state index contributed by atoms with van der Waals surface area (Å²) in [4.78, 5) is 24.3. The summed E-state index contributed by atoms with van der Waals surface area (Å²) in [6.45, 7) is 0. The van der Waals surface area contributed by atoms with Crippen molar-refractivity contribution in [2.24, 2.45) is 11.8 Å². The minimum Gasteiger partial charge on any atom is -0.497 e. The molecule has 1 aliphatic rings. The maximum atomic E-state index is 12.9. The van der Waals surface area contributed by atoms with Crippen LogP contribution in [-0.2, 0) is 9.53 Å². The normalized spacial score (nSPS) is 21.8. The quantitative estimate of drug-likeness (QED) is 0.459. The molecule has 3 rings (SSSR count). The Morgan fingerprint density at radius 2 is 1.64 bits per heavy atom. The van der Waals surface area contributed by atoms with Gasteiger partial charge in [-0.1, -0.05) is 48.5 Å². The maximum Gasteiger partial charge on any atom is 0.330 e. The molecule has 1 saturated carbocycles. The SMILES string of the molecule is COC(=O)/C=C/[C@H]1[C@H](C(=O)c2ccccc2)[C@H]1c1ccc(OC)cc1. The second-order valence-electron chi connectivity index (χ2n) is 6.01. The van der Waals surface area contributed by atoms with E-state index in [0.29, 0.717) is 5.56 Å². The number of allylic oxidation sites excluding steroid dienone is 1. The van der Waals surface area contributed by atoms with Crippen LogP contribution in [0.25, 0.3) is 0 Å². The van der Waals surface area contributed by atoms with Crippen LogP contribution in [0.4, 0.5) is 0 Å². The minimum absolute atomic E-state index is 0.0137. The van der Waals surface area contributed by atoms with Gasteiger partial charge in [0.1, 0.15) is 5.75 Å². The number of ether oxygens (including phenoxy) is 2. The monoisotopic (exact) mass is 336 g/mol. The van der Waals surface area contributed by atoms with Crippen molar-refractivity contribution in [3.63, 3.8) is 0 Å². The predicted octanol–water partition coefficient (Wildman–Crippen LogP) is 3.64. The number of hydrogen-bond donors (Lipinski definition) is 0. The highest BCUT2D eigenvalue weighted by molar-refractivity contribution is 6.01. The van der Waals surface area contributed by atoms with Gasteiger partial charge in [-0.05, 0) is 23.6 Å². The number of ketones is 1. The smallest absolute Gasteiger partial charge is 0.330 e. The van der Waals surface area contributed by atoms with Gasteiger partial charge in [-0.15, -0.1) is 0 Å². The number of rotatable bonds is 6. The number of Topliss-reactive ketones (excluding diaryl/α,β-unsaturated/α-hetero) is 1. The van der Waals surface area contributed by atoms with Crippen molar-refractivity contribution in [1.82, 2.24) is 0 Å². The second kappa shape index (κ2) is 7.34. The average Bonchev–Trinajstić information content (AvgIpc) is 3.40. The summed E-state index contributed by atoms with van der Waals surface area (Å²) in [5.74, 6) is 0.334. The number of carbonyl (C=O) groups is 2. The van der Waals surface area contributed by atoms with Gasteiger partial charge in [0.15, 0.2) is 5.78 Å². The van der Waals surface area contributed by atoms with Crippen molar-refractivity contribution >= 4 is 11.8 Å². The molecular weight excluding hydrogens is 316 g/mol. The molecule has 0 bridgehead atoms. The highest BCUT2D eigenvalue weighted by atomic mass is 16.5. The van der Waals surface area contributed by atoms with Crippen molar-refractivity contribution in [2.75, 3.05) is 14.2 Å². The first kappa shape index (κ1) is 17.0. The molecule has 128 valence electrons. The van der Waals surface area contributed by atoms with Gasteiger partial charge in [0.25, 0.3) is 0 Å². The van der Waals surface area contributed by atoms with E-state index in [1.165, 1.54) is 13.2 Å². The fraction of sp³-hybridized carbons (Fsp3) is 0.238. The van der Waals surface area contributed by atoms with E-state index in [9.17, 15) is 9.59 Å². The summed E-state index contributed by atoms with van der Waals surface area (Å²) >= 11 is 0. The molecule has 4 heteroatoms. The molecule has 0 N–H and O–H groups in total. The van der Waals surface area contributed by atoms with Crippen LogP contribution < -0.4 is 4.74 Å². The Kier molecular flexibility index (Phi) is 4.98. The van der Waals surface area contributed by atoms with Crippen LogP contribution in [0.2, 0.25) is 0 Å². The van der Waals surface area contributed by atoms with E-state index in [0.717, 1.165) is 11.3 Å². The van der Waals surface area contributed by atoms with Gasteiger partial charge in [-0.2, -0.15) is 0 Å². The van der Waals surface area contributed by atoms with Crippen molar-refractivity contribution in [2.45, 2.75) is 5.92 Å². The number of carbonyl (C=O) groups excluding carboxylic acids is 2. The number of benzene rings is 2. The lowest BCUT2D eigenvalue weighted by atomic mass is 10.0. The third kappa shape index (κ3) is 3.63. The lowest BCUT2D eigenvalue weighted by molar-refractivity contribution is -0.134. The molecule has 2 aromatic carbocycles. The van der Waals surface area contributed by atoms with Crippen molar-refractivity contribution in [1.29, 1.82) is 0 Å². The standard InChI is InChI=1S/C21H20O4/c1-24-16-10-8-14(9-11-16)19-17(12-13-18(22)25-2)20(19)21(23)15-6-4-3-5-7-15/h3-13,17,19-20H,1-2H3/b13-12+/t17-,19+,20+/m1/s1. The number of esters is 1. The van der Waals surface area contributed by atoms with E-state index in [1.54, 1.807) is 13.2 Å². The van der Waals surface area contributed by atoms with Gasteiger partial charge >= 0.3 is 5.97 Å².